The number of fused-ring (bicyclic) bond motifs is 1. The minimum absolute atomic E-state index is 0.0253. The molecule has 0 bridgehead atoms. The number of aromatic nitrogens is 2. The van der Waals surface area contributed by atoms with Crippen LogP contribution in [0.4, 0.5) is 0 Å². The van der Waals surface area contributed by atoms with Crippen LogP contribution in [-0.4, -0.2) is 40.1 Å². The Morgan fingerprint density at radius 3 is 3.00 bits per heavy atom. The zero-order valence-electron chi connectivity index (χ0n) is 12.7. The van der Waals surface area contributed by atoms with Crippen LogP contribution in [0.15, 0.2) is 24.5 Å². The molecule has 0 aliphatic carbocycles. The molecule has 0 spiro atoms. The van der Waals surface area contributed by atoms with E-state index in [-0.39, 0.29) is 5.60 Å². The average Bonchev–Trinajstić information content (AvgIpc) is 2.76. The van der Waals surface area contributed by atoms with Crippen LogP contribution in [0.3, 0.4) is 0 Å². The fraction of sp³-hybridized carbons (Fsp3) is 0.562. The van der Waals surface area contributed by atoms with Crippen molar-refractivity contribution < 1.29 is 4.74 Å². The summed E-state index contributed by atoms with van der Waals surface area (Å²) in [5.74, 6) is 0. The second-order valence-corrected chi connectivity index (χ2v) is 6.55. The first-order chi connectivity index (χ1) is 10.1. The fourth-order valence-corrected chi connectivity index (χ4v) is 3.18. The molecule has 0 radical (unpaired) electrons. The highest BCUT2D eigenvalue weighted by atomic mass is 35.5. The van der Waals surface area contributed by atoms with Crippen molar-refractivity contribution in [2.24, 2.45) is 0 Å². The van der Waals surface area contributed by atoms with Gasteiger partial charge in [-0.15, -0.1) is 0 Å². The highest BCUT2D eigenvalue weighted by molar-refractivity contribution is 6.30. The van der Waals surface area contributed by atoms with Crippen molar-refractivity contribution in [3.63, 3.8) is 0 Å². The molecular formula is C16H22ClN3O. The molecule has 5 heteroatoms. The number of imidazole rings is 1. The molecule has 3 rings (SSSR count). The Kier molecular flexibility index (Phi) is 4.20. The predicted octanol–water partition coefficient (Wildman–Crippen LogP) is 3.38. The van der Waals surface area contributed by atoms with Gasteiger partial charge in [0.15, 0.2) is 0 Å². The van der Waals surface area contributed by atoms with E-state index in [9.17, 15) is 0 Å². The van der Waals surface area contributed by atoms with E-state index in [1.54, 1.807) is 0 Å². The quantitative estimate of drug-likeness (QED) is 0.870. The summed E-state index contributed by atoms with van der Waals surface area (Å²) >= 11 is 6.09. The molecule has 0 amide bonds. The molecule has 2 aromatic rings. The van der Waals surface area contributed by atoms with Crippen molar-refractivity contribution in [2.75, 3.05) is 20.2 Å². The maximum Gasteiger partial charge on any atom is 0.137 e. The third-order valence-corrected chi connectivity index (χ3v) is 4.78. The van der Waals surface area contributed by atoms with Gasteiger partial charge >= 0.3 is 0 Å². The Labute approximate surface area is 130 Å². The molecule has 1 unspecified atom stereocenters. The predicted molar refractivity (Wildman–Crippen MR) is 84.7 cm³/mol. The van der Waals surface area contributed by atoms with E-state index in [0.717, 1.165) is 43.1 Å². The lowest BCUT2D eigenvalue weighted by Gasteiger charge is -2.26. The van der Waals surface area contributed by atoms with E-state index < -0.39 is 0 Å². The Morgan fingerprint density at radius 1 is 1.33 bits per heavy atom. The molecule has 4 nitrogen and oxygen atoms in total. The number of likely N-dealkylation sites (tertiary alicyclic amines) is 1. The fourth-order valence-electron chi connectivity index (χ4n) is 3.02. The average molecular weight is 308 g/mol. The SMILES string of the molecule is COC1(C)CCCN(Cc2cnc3ccc(Cl)cn23)CC1. The van der Waals surface area contributed by atoms with Crippen molar-refractivity contribution in [2.45, 2.75) is 38.3 Å². The Balaban J connectivity index is 1.75. The van der Waals surface area contributed by atoms with Crippen LogP contribution in [-0.2, 0) is 11.3 Å². The third kappa shape index (κ3) is 3.23. The van der Waals surface area contributed by atoms with Crippen LogP contribution < -0.4 is 0 Å². The van der Waals surface area contributed by atoms with E-state index in [4.69, 9.17) is 16.3 Å². The summed E-state index contributed by atoms with van der Waals surface area (Å²) in [5.41, 5.74) is 2.16. The summed E-state index contributed by atoms with van der Waals surface area (Å²) in [6.45, 7) is 5.27. The minimum Gasteiger partial charge on any atom is -0.378 e. The summed E-state index contributed by atoms with van der Waals surface area (Å²) in [6.07, 6.45) is 7.25. The van der Waals surface area contributed by atoms with Gasteiger partial charge in [-0.3, -0.25) is 4.90 Å². The third-order valence-electron chi connectivity index (χ3n) is 4.56. The van der Waals surface area contributed by atoms with Gasteiger partial charge < -0.3 is 9.14 Å². The molecular weight excluding hydrogens is 286 g/mol. The summed E-state index contributed by atoms with van der Waals surface area (Å²) in [7, 11) is 1.82. The van der Waals surface area contributed by atoms with Crippen LogP contribution >= 0.6 is 11.6 Å². The second kappa shape index (κ2) is 5.95. The van der Waals surface area contributed by atoms with E-state index in [1.165, 1.54) is 12.1 Å². The van der Waals surface area contributed by atoms with Crippen LogP contribution in [0, 0.1) is 0 Å². The molecule has 114 valence electrons. The van der Waals surface area contributed by atoms with Gasteiger partial charge in [0, 0.05) is 26.4 Å². The second-order valence-electron chi connectivity index (χ2n) is 6.11. The number of halogens is 1. The van der Waals surface area contributed by atoms with E-state index in [2.05, 4.69) is 21.2 Å². The highest BCUT2D eigenvalue weighted by Gasteiger charge is 2.27. The van der Waals surface area contributed by atoms with Gasteiger partial charge in [0.05, 0.1) is 22.5 Å². The summed E-state index contributed by atoms with van der Waals surface area (Å²) in [5, 5.41) is 0.740. The standard InChI is InChI=1S/C16H22ClN3O/c1-16(21-2)6-3-8-19(9-7-16)12-14-10-18-15-5-4-13(17)11-20(14)15/h4-5,10-11H,3,6-9,12H2,1-2H3. The van der Waals surface area contributed by atoms with Gasteiger partial charge in [-0.1, -0.05) is 11.6 Å². The van der Waals surface area contributed by atoms with Crippen LogP contribution in [0.25, 0.3) is 5.65 Å². The number of hydrogen-bond acceptors (Lipinski definition) is 3. The molecule has 1 atom stereocenters. The maximum absolute atomic E-state index is 6.09. The molecule has 21 heavy (non-hydrogen) atoms. The maximum atomic E-state index is 6.09. The number of nitrogens with zero attached hydrogens (tertiary/aromatic N) is 3. The summed E-state index contributed by atoms with van der Waals surface area (Å²) in [6, 6.07) is 3.83. The Hall–Kier alpha value is -1.10. The van der Waals surface area contributed by atoms with Crippen molar-refractivity contribution >= 4 is 17.2 Å². The highest BCUT2D eigenvalue weighted by Crippen LogP contribution is 2.26. The first kappa shape index (κ1) is 14.8. The van der Waals surface area contributed by atoms with Crippen molar-refractivity contribution in [3.8, 4) is 0 Å². The number of rotatable bonds is 3. The van der Waals surface area contributed by atoms with Gasteiger partial charge in [-0.05, 0) is 44.9 Å². The lowest BCUT2D eigenvalue weighted by Crippen LogP contribution is -2.30. The summed E-state index contributed by atoms with van der Waals surface area (Å²) < 4.78 is 7.75. The molecule has 1 saturated heterocycles. The van der Waals surface area contributed by atoms with Gasteiger partial charge in [0.25, 0.3) is 0 Å². The van der Waals surface area contributed by atoms with Gasteiger partial charge in [0.1, 0.15) is 5.65 Å². The Morgan fingerprint density at radius 2 is 2.19 bits per heavy atom. The first-order valence-electron chi connectivity index (χ1n) is 7.49. The topological polar surface area (TPSA) is 29.8 Å². The molecule has 3 heterocycles. The van der Waals surface area contributed by atoms with E-state index >= 15 is 0 Å². The normalized spacial score (nSPS) is 24.3. The number of pyridine rings is 1. The van der Waals surface area contributed by atoms with E-state index in [0.29, 0.717) is 0 Å². The largest absolute Gasteiger partial charge is 0.378 e. The lowest BCUT2D eigenvalue weighted by molar-refractivity contribution is -0.00585. The minimum atomic E-state index is 0.0253. The number of ether oxygens (including phenoxy) is 1. The van der Waals surface area contributed by atoms with Crippen LogP contribution in [0.1, 0.15) is 31.9 Å². The lowest BCUT2D eigenvalue weighted by atomic mass is 9.97. The summed E-state index contributed by atoms with van der Waals surface area (Å²) in [4.78, 5) is 6.93. The van der Waals surface area contributed by atoms with Gasteiger partial charge in [0.2, 0.25) is 0 Å². The zero-order valence-corrected chi connectivity index (χ0v) is 13.4. The van der Waals surface area contributed by atoms with Crippen molar-refractivity contribution in [1.82, 2.24) is 14.3 Å². The van der Waals surface area contributed by atoms with E-state index in [1.807, 2.05) is 31.6 Å². The monoisotopic (exact) mass is 307 g/mol. The molecule has 1 aliphatic rings. The molecule has 0 N–H and O–H groups in total. The molecule has 0 saturated carbocycles. The first-order valence-corrected chi connectivity index (χ1v) is 7.86. The molecule has 0 aromatic carbocycles. The smallest absolute Gasteiger partial charge is 0.137 e. The zero-order chi connectivity index (χ0) is 14.9. The molecule has 1 fully saturated rings. The van der Waals surface area contributed by atoms with Crippen LogP contribution in [0.5, 0.6) is 0 Å². The van der Waals surface area contributed by atoms with Crippen LogP contribution in [0.2, 0.25) is 5.02 Å². The van der Waals surface area contributed by atoms with Gasteiger partial charge in [-0.2, -0.15) is 0 Å². The molecule has 2 aromatic heterocycles. The molecule has 1 aliphatic heterocycles. The van der Waals surface area contributed by atoms with Crippen molar-refractivity contribution in [3.05, 3.63) is 35.2 Å². The Bertz CT molecular complexity index is 627. The van der Waals surface area contributed by atoms with Gasteiger partial charge in [-0.25, -0.2) is 4.98 Å². The number of methoxy groups -OCH3 is 1. The van der Waals surface area contributed by atoms with Crippen molar-refractivity contribution in [1.29, 1.82) is 0 Å². The number of hydrogen-bond donors (Lipinski definition) is 0.